The Labute approximate surface area is 146 Å². The van der Waals surface area contributed by atoms with Crippen molar-refractivity contribution in [1.82, 2.24) is 9.88 Å². The van der Waals surface area contributed by atoms with Gasteiger partial charge in [0.2, 0.25) is 5.88 Å². The first kappa shape index (κ1) is 17.6. The quantitative estimate of drug-likeness (QED) is 0.533. The van der Waals surface area contributed by atoms with E-state index in [1.165, 1.54) is 0 Å². The number of rotatable bonds is 5. The van der Waals surface area contributed by atoms with Gasteiger partial charge in [-0.3, -0.25) is 0 Å². The molecule has 0 aliphatic rings. The van der Waals surface area contributed by atoms with Gasteiger partial charge in [0.1, 0.15) is 5.75 Å². The van der Waals surface area contributed by atoms with Gasteiger partial charge in [0, 0.05) is 29.2 Å². The summed E-state index contributed by atoms with van der Waals surface area (Å²) in [5.41, 5.74) is 2.50. The molecule has 0 bridgehead atoms. The summed E-state index contributed by atoms with van der Waals surface area (Å²) in [5, 5.41) is 1.04. The highest BCUT2D eigenvalue weighted by Crippen LogP contribution is 2.31. The molecule has 2 aromatic rings. The molecular weight excluding hydrogens is 333 g/mol. The lowest BCUT2D eigenvalue weighted by molar-refractivity contribution is 0.458. The Hall–Kier alpha value is -1.78. The molecule has 2 rings (SSSR count). The van der Waals surface area contributed by atoms with Gasteiger partial charge in [-0.05, 0) is 45.0 Å². The van der Waals surface area contributed by atoms with Gasteiger partial charge >= 0.3 is 0 Å². The number of hydrogen-bond acceptors (Lipinski definition) is 3. The molecule has 0 atom stereocenters. The fourth-order valence-corrected chi connectivity index (χ4v) is 2.35. The average molecular weight is 352 g/mol. The van der Waals surface area contributed by atoms with Gasteiger partial charge in [0.15, 0.2) is 0 Å². The number of pyridine rings is 1. The molecule has 0 aliphatic heterocycles. The van der Waals surface area contributed by atoms with Crippen molar-refractivity contribution < 1.29 is 4.74 Å². The van der Waals surface area contributed by atoms with Crippen molar-refractivity contribution in [3.05, 3.63) is 45.6 Å². The van der Waals surface area contributed by atoms with Gasteiger partial charge in [0.25, 0.3) is 0 Å². The second-order valence-electron chi connectivity index (χ2n) is 5.24. The third kappa shape index (κ3) is 4.85. The largest absolute Gasteiger partial charge is 0.439 e. The van der Waals surface area contributed by atoms with E-state index in [0.29, 0.717) is 21.7 Å². The van der Waals surface area contributed by atoms with E-state index in [0.717, 1.165) is 23.5 Å². The van der Waals surface area contributed by atoms with E-state index in [1.54, 1.807) is 24.5 Å². The lowest BCUT2D eigenvalue weighted by atomic mass is 10.2. The molecule has 4 nitrogen and oxygen atoms in total. The van der Waals surface area contributed by atoms with E-state index < -0.39 is 0 Å². The smallest absolute Gasteiger partial charge is 0.222 e. The Kier molecular flexibility index (Phi) is 5.85. The maximum absolute atomic E-state index is 5.99. The van der Waals surface area contributed by atoms with Gasteiger partial charge in [-0.2, -0.15) is 0 Å². The number of ether oxygens (including phenoxy) is 1. The minimum atomic E-state index is 0.517. The van der Waals surface area contributed by atoms with Crippen molar-refractivity contribution in [1.29, 1.82) is 0 Å². The summed E-state index contributed by atoms with van der Waals surface area (Å²) in [5.74, 6) is 1.07. The number of aryl methyl sites for hydroxylation is 2. The summed E-state index contributed by atoms with van der Waals surface area (Å²) in [4.78, 5) is 10.9. The van der Waals surface area contributed by atoms with Gasteiger partial charge < -0.3 is 9.64 Å². The SMILES string of the molecule is CCN(C)C=Nc1cc(C)c(Oc2cc(Cl)cc(Cl)c2)nc1C. The fraction of sp³-hybridized carbons (Fsp3) is 0.294. The number of hydrogen-bond donors (Lipinski definition) is 0. The monoisotopic (exact) mass is 351 g/mol. The number of halogens is 2. The van der Waals surface area contributed by atoms with Crippen LogP contribution in [0.2, 0.25) is 10.0 Å². The Bertz CT molecular complexity index is 712. The van der Waals surface area contributed by atoms with Crippen molar-refractivity contribution in [2.45, 2.75) is 20.8 Å². The molecule has 1 heterocycles. The van der Waals surface area contributed by atoms with Crippen molar-refractivity contribution in [3.8, 4) is 11.6 Å². The zero-order chi connectivity index (χ0) is 17.0. The molecule has 0 N–H and O–H groups in total. The van der Waals surface area contributed by atoms with E-state index >= 15 is 0 Å². The molecule has 0 unspecified atom stereocenters. The molecule has 0 amide bonds. The summed E-state index contributed by atoms with van der Waals surface area (Å²) < 4.78 is 5.81. The summed E-state index contributed by atoms with van der Waals surface area (Å²) in [6.07, 6.45) is 1.79. The van der Waals surface area contributed by atoms with Crippen LogP contribution in [0, 0.1) is 13.8 Å². The lowest BCUT2D eigenvalue weighted by Crippen LogP contribution is -2.14. The normalized spacial score (nSPS) is 11.0. The first-order valence-electron chi connectivity index (χ1n) is 7.25. The van der Waals surface area contributed by atoms with Gasteiger partial charge in [-0.1, -0.05) is 23.2 Å². The standard InChI is InChI=1S/C17H19Cl2N3O/c1-5-22(4)10-20-16-6-11(2)17(21-12(16)3)23-15-8-13(18)7-14(19)9-15/h6-10H,5H2,1-4H3. The van der Waals surface area contributed by atoms with Crippen LogP contribution in [0.5, 0.6) is 11.6 Å². The summed E-state index contributed by atoms with van der Waals surface area (Å²) >= 11 is 12.0. The Morgan fingerprint density at radius 2 is 1.83 bits per heavy atom. The zero-order valence-electron chi connectivity index (χ0n) is 13.6. The minimum Gasteiger partial charge on any atom is -0.439 e. The molecule has 0 spiro atoms. The topological polar surface area (TPSA) is 37.7 Å². The Balaban J connectivity index is 2.27. The number of benzene rings is 1. The molecule has 23 heavy (non-hydrogen) atoms. The zero-order valence-corrected chi connectivity index (χ0v) is 15.1. The summed E-state index contributed by atoms with van der Waals surface area (Å²) in [7, 11) is 1.97. The average Bonchev–Trinajstić information content (AvgIpc) is 2.47. The van der Waals surface area contributed by atoms with Crippen LogP contribution in [-0.4, -0.2) is 29.8 Å². The van der Waals surface area contributed by atoms with Gasteiger partial charge in [-0.25, -0.2) is 9.98 Å². The predicted molar refractivity (Wildman–Crippen MR) is 96.7 cm³/mol. The number of nitrogens with zero attached hydrogens (tertiary/aromatic N) is 3. The first-order valence-corrected chi connectivity index (χ1v) is 8.01. The van der Waals surface area contributed by atoms with E-state index in [2.05, 4.69) is 16.9 Å². The molecule has 122 valence electrons. The maximum atomic E-state index is 5.99. The second kappa shape index (κ2) is 7.66. The molecule has 6 heteroatoms. The summed E-state index contributed by atoms with van der Waals surface area (Å²) in [6.45, 7) is 6.79. The molecule has 1 aromatic carbocycles. The van der Waals surface area contributed by atoms with Gasteiger partial charge in [-0.15, -0.1) is 0 Å². The molecule has 1 aromatic heterocycles. The van der Waals surface area contributed by atoms with E-state index in [4.69, 9.17) is 27.9 Å². The molecule has 0 aliphatic carbocycles. The van der Waals surface area contributed by atoms with E-state index in [9.17, 15) is 0 Å². The lowest BCUT2D eigenvalue weighted by Gasteiger charge is -2.12. The fourth-order valence-electron chi connectivity index (χ4n) is 1.84. The van der Waals surface area contributed by atoms with Crippen LogP contribution < -0.4 is 4.74 Å². The summed E-state index contributed by atoms with van der Waals surface area (Å²) in [6, 6.07) is 7.01. The van der Waals surface area contributed by atoms with Crippen LogP contribution in [-0.2, 0) is 0 Å². The van der Waals surface area contributed by atoms with Crippen LogP contribution in [0.3, 0.4) is 0 Å². The van der Waals surface area contributed by atoms with Crippen LogP contribution in [0.1, 0.15) is 18.2 Å². The van der Waals surface area contributed by atoms with Crippen molar-refractivity contribution in [3.63, 3.8) is 0 Å². The second-order valence-corrected chi connectivity index (χ2v) is 6.11. The molecule has 0 fully saturated rings. The van der Waals surface area contributed by atoms with E-state index in [-0.39, 0.29) is 0 Å². The van der Waals surface area contributed by atoms with Crippen LogP contribution in [0.4, 0.5) is 5.69 Å². The van der Waals surface area contributed by atoms with Crippen LogP contribution in [0.15, 0.2) is 29.3 Å². The molecule has 0 saturated heterocycles. The minimum absolute atomic E-state index is 0.517. The molecule has 0 radical (unpaired) electrons. The number of aliphatic imine (C=N–C) groups is 1. The number of aromatic nitrogens is 1. The first-order chi connectivity index (χ1) is 10.9. The highest BCUT2D eigenvalue weighted by molar-refractivity contribution is 6.34. The van der Waals surface area contributed by atoms with Crippen molar-refractivity contribution in [2.24, 2.45) is 4.99 Å². The van der Waals surface area contributed by atoms with E-state index in [1.807, 2.05) is 31.9 Å². The highest BCUT2D eigenvalue weighted by Gasteiger charge is 2.09. The van der Waals surface area contributed by atoms with Crippen molar-refractivity contribution >= 4 is 35.2 Å². The Morgan fingerprint density at radius 1 is 1.17 bits per heavy atom. The maximum Gasteiger partial charge on any atom is 0.222 e. The Morgan fingerprint density at radius 3 is 2.43 bits per heavy atom. The molecule has 0 saturated carbocycles. The predicted octanol–water partition coefficient (Wildman–Crippen LogP) is 5.41. The van der Waals surface area contributed by atoms with Crippen LogP contribution in [0.25, 0.3) is 0 Å². The third-order valence-corrected chi connectivity index (χ3v) is 3.71. The van der Waals surface area contributed by atoms with Crippen LogP contribution >= 0.6 is 23.2 Å². The third-order valence-electron chi connectivity index (χ3n) is 3.27. The van der Waals surface area contributed by atoms with Crippen molar-refractivity contribution in [2.75, 3.05) is 13.6 Å². The highest BCUT2D eigenvalue weighted by atomic mass is 35.5. The van der Waals surface area contributed by atoms with Gasteiger partial charge in [0.05, 0.1) is 17.7 Å². The molecular formula is C17H19Cl2N3O.